The molecule has 0 unspecified atom stereocenters. The van der Waals surface area contributed by atoms with Crippen LogP contribution in [0.5, 0.6) is 0 Å². The average molecular weight is 401 g/mol. The van der Waals surface area contributed by atoms with Crippen molar-refractivity contribution in [3.8, 4) is 11.1 Å². The zero-order valence-corrected chi connectivity index (χ0v) is 16.4. The summed E-state index contributed by atoms with van der Waals surface area (Å²) in [4.78, 5) is 28.2. The highest BCUT2D eigenvalue weighted by Gasteiger charge is 2.10. The van der Waals surface area contributed by atoms with Crippen molar-refractivity contribution in [3.05, 3.63) is 88.9 Å². The third kappa shape index (κ3) is 4.50. The van der Waals surface area contributed by atoms with Crippen molar-refractivity contribution in [2.75, 3.05) is 0 Å². The molecule has 3 N–H and O–H groups in total. The molecule has 0 aliphatic heterocycles. The van der Waals surface area contributed by atoms with Gasteiger partial charge in [-0.2, -0.15) is 0 Å². The molecule has 0 aliphatic carbocycles. The molecule has 0 bridgehead atoms. The molecule has 1 aromatic heterocycles. The van der Waals surface area contributed by atoms with E-state index in [-0.39, 0.29) is 12.3 Å². The predicted molar refractivity (Wildman–Crippen MR) is 116 cm³/mol. The quantitative estimate of drug-likeness (QED) is 0.513. The summed E-state index contributed by atoms with van der Waals surface area (Å²) >= 11 is 1.53. The summed E-state index contributed by atoms with van der Waals surface area (Å²) in [6.07, 6.45) is 0.218. The molecule has 0 saturated heterocycles. The second kappa shape index (κ2) is 8.24. The Hall–Kier alpha value is -3.51. The molecule has 0 saturated carbocycles. The summed E-state index contributed by atoms with van der Waals surface area (Å²) in [5.74, 6) is -0.598. The largest absolute Gasteiger partial charge is 0.366 e. The summed E-state index contributed by atoms with van der Waals surface area (Å²) in [5, 5.41) is 3.64. The van der Waals surface area contributed by atoms with Crippen molar-refractivity contribution in [1.82, 2.24) is 10.3 Å². The van der Waals surface area contributed by atoms with E-state index in [0.717, 1.165) is 31.9 Å². The van der Waals surface area contributed by atoms with E-state index in [9.17, 15) is 9.59 Å². The van der Waals surface area contributed by atoms with Crippen LogP contribution in [0, 0.1) is 0 Å². The lowest BCUT2D eigenvalue weighted by molar-refractivity contribution is -0.120. The molecule has 4 aromatic rings. The molecule has 0 spiro atoms. The van der Waals surface area contributed by atoms with Crippen molar-refractivity contribution in [2.24, 2.45) is 5.73 Å². The molecule has 144 valence electrons. The molecule has 0 aliphatic rings. The standard InChI is InChI=1S/C23H19N3O2S/c24-23(28)18-8-4-5-15(11-18)14-25-21(27)13-22-26-19-10-9-17(12-20(19)29-22)16-6-2-1-3-7-16/h1-12H,13-14H2,(H2,24,28)(H,25,27). The molecule has 1 heterocycles. The van der Waals surface area contributed by atoms with Gasteiger partial charge in [-0.15, -0.1) is 11.3 Å². The zero-order chi connectivity index (χ0) is 20.2. The van der Waals surface area contributed by atoms with Crippen molar-refractivity contribution < 1.29 is 9.59 Å². The normalized spacial score (nSPS) is 10.8. The van der Waals surface area contributed by atoms with Gasteiger partial charge in [0.1, 0.15) is 5.01 Å². The second-order valence-electron chi connectivity index (χ2n) is 6.67. The maximum atomic E-state index is 12.3. The minimum atomic E-state index is -0.484. The Kier molecular flexibility index (Phi) is 5.35. The van der Waals surface area contributed by atoms with Crippen molar-refractivity contribution >= 4 is 33.4 Å². The highest BCUT2D eigenvalue weighted by Crippen LogP contribution is 2.28. The third-order valence-electron chi connectivity index (χ3n) is 4.55. The van der Waals surface area contributed by atoms with Gasteiger partial charge in [0.15, 0.2) is 0 Å². The van der Waals surface area contributed by atoms with Crippen LogP contribution in [-0.2, 0) is 17.8 Å². The monoisotopic (exact) mass is 401 g/mol. The number of nitrogens with two attached hydrogens (primary N) is 1. The maximum Gasteiger partial charge on any atom is 0.248 e. The fourth-order valence-corrected chi connectivity index (χ4v) is 4.10. The van der Waals surface area contributed by atoms with E-state index in [4.69, 9.17) is 5.73 Å². The SMILES string of the molecule is NC(=O)c1cccc(CNC(=O)Cc2nc3ccc(-c4ccccc4)cc3s2)c1. The minimum Gasteiger partial charge on any atom is -0.366 e. The molecule has 0 fully saturated rings. The predicted octanol–water partition coefficient (Wildman–Crippen LogP) is 3.92. The van der Waals surface area contributed by atoms with Crippen LogP contribution in [0.4, 0.5) is 0 Å². The molecular formula is C23H19N3O2S. The summed E-state index contributed by atoms with van der Waals surface area (Å²) in [6.45, 7) is 0.336. The number of nitrogens with zero attached hydrogens (tertiary/aromatic N) is 1. The fraction of sp³-hybridized carbons (Fsp3) is 0.0870. The molecular weight excluding hydrogens is 382 g/mol. The molecule has 4 rings (SSSR count). The first-order valence-corrected chi connectivity index (χ1v) is 10.0. The number of rotatable bonds is 6. The number of primary amides is 1. The first-order chi connectivity index (χ1) is 14.1. The van der Waals surface area contributed by atoms with Crippen molar-refractivity contribution in [1.29, 1.82) is 0 Å². The first kappa shape index (κ1) is 18.8. The Bertz CT molecular complexity index is 1190. The Morgan fingerprint density at radius 3 is 2.55 bits per heavy atom. The number of carbonyl (C=O) groups excluding carboxylic acids is 2. The number of amides is 2. The van der Waals surface area contributed by atoms with E-state index < -0.39 is 5.91 Å². The number of hydrogen-bond donors (Lipinski definition) is 2. The number of thiazole rings is 1. The van der Waals surface area contributed by atoms with Gasteiger partial charge in [0.2, 0.25) is 11.8 Å². The van der Waals surface area contributed by atoms with Gasteiger partial charge in [0.25, 0.3) is 0 Å². The minimum absolute atomic E-state index is 0.114. The number of fused-ring (bicyclic) bond motifs is 1. The van der Waals surface area contributed by atoms with Crippen molar-refractivity contribution in [3.63, 3.8) is 0 Å². The molecule has 6 heteroatoms. The van der Waals surface area contributed by atoms with E-state index in [2.05, 4.69) is 28.5 Å². The summed E-state index contributed by atoms with van der Waals surface area (Å²) < 4.78 is 1.06. The molecule has 0 atom stereocenters. The Morgan fingerprint density at radius 2 is 1.76 bits per heavy atom. The summed E-state index contributed by atoms with van der Waals surface area (Å²) in [5.41, 5.74) is 9.73. The average Bonchev–Trinajstić information content (AvgIpc) is 3.14. The van der Waals surface area contributed by atoms with E-state index >= 15 is 0 Å². The number of hydrogen-bond acceptors (Lipinski definition) is 4. The van der Waals surface area contributed by atoms with Crippen LogP contribution in [0.1, 0.15) is 20.9 Å². The first-order valence-electron chi connectivity index (χ1n) is 9.19. The number of benzene rings is 3. The van der Waals surface area contributed by atoms with Crippen LogP contribution < -0.4 is 11.1 Å². The third-order valence-corrected chi connectivity index (χ3v) is 5.57. The van der Waals surface area contributed by atoms with E-state index in [1.165, 1.54) is 11.3 Å². The van der Waals surface area contributed by atoms with Gasteiger partial charge in [0.05, 0.1) is 16.6 Å². The van der Waals surface area contributed by atoms with Gasteiger partial charge in [-0.05, 0) is 41.0 Å². The molecule has 0 radical (unpaired) electrons. The maximum absolute atomic E-state index is 12.3. The summed E-state index contributed by atoms with van der Waals surface area (Å²) in [7, 11) is 0. The molecule has 2 amide bonds. The van der Waals surface area contributed by atoms with Gasteiger partial charge in [0, 0.05) is 12.1 Å². The smallest absolute Gasteiger partial charge is 0.248 e. The highest BCUT2D eigenvalue weighted by molar-refractivity contribution is 7.18. The molecule has 5 nitrogen and oxygen atoms in total. The van der Waals surface area contributed by atoms with Crippen molar-refractivity contribution in [2.45, 2.75) is 13.0 Å². The van der Waals surface area contributed by atoms with Crippen LogP contribution >= 0.6 is 11.3 Å². The van der Waals surface area contributed by atoms with Gasteiger partial charge >= 0.3 is 0 Å². The number of carbonyl (C=O) groups is 2. The number of aromatic nitrogens is 1. The van der Waals surface area contributed by atoms with E-state index in [1.54, 1.807) is 18.2 Å². The van der Waals surface area contributed by atoms with Gasteiger partial charge in [-0.25, -0.2) is 4.98 Å². The Balaban J connectivity index is 1.43. The van der Waals surface area contributed by atoms with E-state index in [0.29, 0.717) is 12.1 Å². The van der Waals surface area contributed by atoms with Crippen LogP contribution in [-0.4, -0.2) is 16.8 Å². The summed E-state index contributed by atoms with van der Waals surface area (Å²) in [6, 6.07) is 23.3. The lowest BCUT2D eigenvalue weighted by Crippen LogP contribution is -2.24. The lowest BCUT2D eigenvalue weighted by atomic mass is 10.1. The molecule has 3 aromatic carbocycles. The topological polar surface area (TPSA) is 85.1 Å². The van der Waals surface area contributed by atoms with Gasteiger partial charge in [-0.1, -0.05) is 48.5 Å². The van der Waals surface area contributed by atoms with Gasteiger partial charge < -0.3 is 11.1 Å². The van der Waals surface area contributed by atoms with E-state index in [1.807, 2.05) is 36.4 Å². The van der Waals surface area contributed by atoms with Gasteiger partial charge in [-0.3, -0.25) is 9.59 Å². The van der Waals surface area contributed by atoms with Crippen LogP contribution in [0.3, 0.4) is 0 Å². The molecule has 29 heavy (non-hydrogen) atoms. The highest BCUT2D eigenvalue weighted by atomic mass is 32.1. The van der Waals surface area contributed by atoms with Crippen LogP contribution in [0.25, 0.3) is 21.3 Å². The second-order valence-corrected chi connectivity index (χ2v) is 7.79. The zero-order valence-electron chi connectivity index (χ0n) is 15.6. The number of nitrogens with one attached hydrogen (secondary N) is 1. The van der Waals surface area contributed by atoms with Crippen LogP contribution in [0.15, 0.2) is 72.8 Å². The van der Waals surface area contributed by atoms with Crippen LogP contribution in [0.2, 0.25) is 0 Å². The lowest BCUT2D eigenvalue weighted by Gasteiger charge is -2.05. The fourth-order valence-electron chi connectivity index (χ4n) is 3.09. The Labute approximate surface area is 172 Å². The Morgan fingerprint density at radius 1 is 0.931 bits per heavy atom.